The molecule has 3 nitrogen and oxygen atoms in total. The second kappa shape index (κ2) is 8.55. The Labute approximate surface area is 146 Å². The molecule has 1 saturated carbocycles. The Hall–Kier alpha value is -1.51. The molecule has 0 spiro atoms. The molecule has 1 aliphatic carbocycles. The van der Waals surface area contributed by atoms with Crippen molar-refractivity contribution >= 4 is 5.97 Å². The lowest BCUT2D eigenvalue weighted by Crippen LogP contribution is -2.21. The SMILES string of the molecule is CC(C)c1cc(CCC(=O)OC2CCCCC2)cc(C(C)C)c1O. The number of phenolic OH excluding ortho intramolecular Hbond substituents is 1. The second-order valence-electron chi connectivity index (χ2n) is 7.68. The highest BCUT2D eigenvalue weighted by atomic mass is 16.5. The van der Waals surface area contributed by atoms with E-state index in [4.69, 9.17) is 4.74 Å². The van der Waals surface area contributed by atoms with Gasteiger partial charge >= 0.3 is 5.97 Å². The number of carbonyl (C=O) groups excluding carboxylic acids is 1. The highest BCUT2D eigenvalue weighted by Crippen LogP contribution is 2.35. The maximum absolute atomic E-state index is 12.1. The van der Waals surface area contributed by atoms with E-state index in [-0.39, 0.29) is 23.9 Å². The van der Waals surface area contributed by atoms with E-state index >= 15 is 0 Å². The molecule has 24 heavy (non-hydrogen) atoms. The van der Waals surface area contributed by atoms with Gasteiger partial charge in [0, 0.05) is 6.42 Å². The first-order valence-corrected chi connectivity index (χ1v) is 9.43. The summed E-state index contributed by atoms with van der Waals surface area (Å²) in [6, 6.07) is 4.08. The van der Waals surface area contributed by atoms with E-state index in [1.165, 1.54) is 19.3 Å². The highest BCUT2D eigenvalue weighted by molar-refractivity contribution is 5.70. The van der Waals surface area contributed by atoms with E-state index in [9.17, 15) is 9.90 Å². The lowest BCUT2D eigenvalue weighted by Gasteiger charge is -2.22. The van der Waals surface area contributed by atoms with E-state index in [2.05, 4.69) is 27.7 Å². The Bertz CT molecular complexity index is 525. The highest BCUT2D eigenvalue weighted by Gasteiger charge is 2.19. The third-order valence-corrected chi connectivity index (χ3v) is 4.94. The van der Waals surface area contributed by atoms with Gasteiger partial charge in [0.2, 0.25) is 0 Å². The number of rotatable bonds is 6. The second-order valence-corrected chi connectivity index (χ2v) is 7.68. The largest absolute Gasteiger partial charge is 0.507 e. The number of carbonyl (C=O) groups is 1. The number of esters is 1. The summed E-state index contributed by atoms with van der Waals surface area (Å²) in [4.78, 5) is 12.1. The molecule has 1 N–H and O–H groups in total. The average Bonchev–Trinajstić information content (AvgIpc) is 2.54. The van der Waals surface area contributed by atoms with Crippen LogP contribution in [0.2, 0.25) is 0 Å². The molecule has 0 aliphatic heterocycles. The summed E-state index contributed by atoms with van der Waals surface area (Å²) >= 11 is 0. The van der Waals surface area contributed by atoms with Crippen molar-refractivity contribution in [2.24, 2.45) is 0 Å². The monoisotopic (exact) mass is 332 g/mol. The Kier molecular flexibility index (Phi) is 6.70. The minimum absolute atomic E-state index is 0.0906. The Morgan fingerprint density at radius 2 is 1.62 bits per heavy atom. The standard InChI is InChI=1S/C21H32O3/c1-14(2)18-12-16(13-19(15(3)4)21(18)23)10-11-20(22)24-17-8-6-5-7-9-17/h12-15,17,23H,5-11H2,1-4H3. The van der Waals surface area contributed by atoms with Crippen LogP contribution in [0.1, 0.15) is 94.7 Å². The van der Waals surface area contributed by atoms with Crippen molar-refractivity contribution in [2.45, 2.75) is 90.6 Å². The fraction of sp³-hybridized carbons (Fsp3) is 0.667. The van der Waals surface area contributed by atoms with Crippen molar-refractivity contribution in [3.8, 4) is 5.75 Å². The van der Waals surface area contributed by atoms with Crippen LogP contribution in [0.5, 0.6) is 5.75 Å². The Morgan fingerprint density at radius 1 is 1.08 bits per heavy atom. The molecule has 1 fully saturated rings. The topological polar surface area (TPSA) is 46.5 Å². The van der Waals surface area contributed by atoms with Gasteiger partial charge < -0.3 is 9.84 Å². The molecule has 0 bridgehead atoms. The molecule has 0 aromatic heterocycles. The van der Waals surface area contributed by atoms with Crippen LogP contribution < -0.4 is 0 Å². The summed E-state index contributed by atoms with van der Waals surface area (Å²) in [5, 5.41) is 10.5. The van der Waals surface area contributed by atoms with Crippen LogP contribution in [0.25, 0.3) is 0 Å². The van der Waals surface area contributed by atoms with Crippen molar-refractivity contribution in [2.75, 3.05) is 0 Å². The summed E-state index contributed by atoms with van der Waals surface area (Å²) < 4.78 is 5.60. The van der Waals surface area contributed by atoms with Crippen LogP contribution in [0.15, 0.2) is 12.1 Å². The van der Waals surface area contributed by atoms with Gasteiger partial charge in [-0.25, -0.2) is 0 Å². The summed E-state index contributed by atoms with van der Waals surface area (Å²) in [7, 11) is 0. The van der Waals surface area contributed by atoms with Crippen molar-refractivity contribution in [3.05, 3.63) is 28.8 Å². The Balaban J connectivity index is 2.02. The number of benzene rings is 1. The van der Waals surface area contributed by atoms with Gasteiger partial charge in [-0.15, -0.1) is 0 Å². The zero-order valence-corrected chi connectivity index (χ0v) is 15.6. The molecular formula is C21H32O3. The quantitative estimate of drug-likeness (QED) is 0.705. The number of aromatic hydroxyl groups is 1. The first-order chi connectivity index (χ1) is 11.4. The van der Waals surface area contributed by atoms with Crippen LogP contribution in [0.3, 0.4) is 0 Å². The fourth-order valence-corrected chi connectivity index (χ4v) is 3.44. The van der Waals surface area contributed by atoms with Crippen molar-refractivity contribution in [1.29, 1.82) is 0 Å². The molecule has 3 heteroatoms. The number of hydrogen-bond acceptors (Lipinski definition) is 3. The predicted molar refractivity (Wildman–Crippen MR) is 97.6 cm³/mol. The van der Waals surface area contributed by atoms with Crippen molar-refractivity contribution < 1.29 is 14.6 Å². The number of aryl methyl sites for hydroxylation is 1. The molecule has 0 heterocycles. The summed E-state index contributed by atoms with van der Waals surface area (Å²) in [6.07, 6.45) is 6.85. The molecule has 1 aliphatic rings. The van der Waals surface area contributed by atoms with E-state index in [0.717, 1.165) is 29.5 Å². The minimum Gasteiger partial charge on any atom is -0.507 e. The number of phenols is 1. The molecule has 0 amide bonds. The van der Waals surface area contributed by atoms with Gasteiger partial charge in [0.15, 0.2) is 0 Å². The van der Waals surface area contributed by atoms with Crippen LogP contribution in [-0.4, -0.2) is 17.2 Å². The van der Waals surface area contributed by atoms with Crippen LogP contribution in [-0.2, 0) is 16.0 Å². The smallest absolute Gasteiger partial charge is 0.306 e. The van der Waals surface area contributed by atoms with E-state index in [1.54, 1.807) is 0 Å². The van der Waals surface area contributed by atoms with Crippen molar-refractivity contribution in [1.82, 2.24) is 0 Å². The fourth-order valence-electron chi connectivity index (χ4n) is 3.44. The summed E-state index contributed by atoms with van der Waals surface area (Å²) in [5.41, 5.74) is 3.05. The molecule has 2 rings (SSSR count). The zero-order valence-electron chi connectivity index (χ0n) is 15.6. The Morgan fingerprint density at radius 3 is 2.12 bits per heavy atom. The first-order valence-electron chi connectivity index (χ1n) is 9.43. The minimum atomic E-state index is -0.0906. The maximum atomic E-state index is 12.1. The maximum Gasteiger partial charge on any atom is 0.306 e. The van der Waals surface area contributed by atoms with Gasteiger partial charge in [0.05, 0.1) is 0 Å². The third-order valence-electron chi connectivity index (χ3n) is 4.94. The van der Waals surface area contributed by atoms with Gasteiger partial charge in [0.1, 0.15) is 11.9 Å². The zero-order chi connectivity index (χ0) is 17.7. The molecule has 0 atom stereocenters. The summed E-state index contributed by atoms with van der Waals surface area (Å²) in [6.45, 7) is 8.33. The van der Waals surface area contributed by atoms with Gasteiger partial charge in [-0.1, -0.05) is 46.2 Å². The average molecular weight is 332 g/mol. The molecule has 134 valence electrons. The van der Waals surface area contributed by atoms with E-state index < -0.39 is 0 Å². The number of ether oxygens (including phenoxy) is 1. The predicted octanol–water partition coefficient (Wildman–Crippen LogP) is 5.45. The van der Waals surface area contributed by atoms with Crippen molar-refractivity contribution in [3.63, 3.8) is 0 Å². The normalized spacial score (nSPS) is 15.9. The molecule has 0 unspecified atom stereocenters. The lowest BCUT2D eigenvalue weighted by molar-refractivity contribution is -0.150. The van der Waals surface area contributed by atoms with Crippen LogP contribution in [0, 0.1) is 0 Å². The molecule has 1 aromatic rings. The third kappa shape index (κ3) is 4.99. The van der Waals surface area contributed by atoms with Gasteiger partial charge in [-0.2, -0.15) is 0 Å². The van der Waals surface area contributed by atoms with Gasteiger partial charge in [0.25, 0.3) is 0 Å². The molecule has 0 radical (unpaired) electrons. The summed E-state index contributed by atoms with van der Waals surface area (Å²) in [5.74, 6) is 0.842. The number of hydrogen-bond donors (Lipinski definition) is 1. The molecule has 1 aromatic carbocycles. The van der Waals surface area contributed by atoms with E-state index in [1.807, 2.05) is 12.1 Å². The van der Waals surface area contributed by atoms with Gasteiger partial charge in [-0.05, 0) is 60.6 Å². The molecule has 0 saturated heterocycles. The lowest BCUT2D eigenvalue weighted by atomic mass is 9.90. The van der Waals surface area contributed by atoms with Gasteiger partial charge in [-0.3, -0.25) is 4.79 Å². The van der Waals surface area contributed by atoms with Crippen LogP contribution >= 0.6 is 0 Å². The first kappa shape index (κ1) is 18.8. The molecular weight excluding hydrogens is 300 g/mol. The van der Waals surface area contributed by atoms with Crippen LogP contribution in [0.4, 0.5) is 0 Å². The van der Waals surface area contributed by atoms with E-state index in [0.29, 0.717) is 18.6 Å².